The Morgan fingerprint density at radius 2 is 1.13 bits per heavy atom. The lowest BCUT2D eigenvalue weighted by Gasteiger charge is -2.35. The Morgan fingerprint density at radius 1 is 0.627 bits per heavy atom. The topological polar surface area (TPSA) is 222 Å². The lowest BCUT2D eigenvalue weighted by Crippen LogP contribution is -2.39. The van der Waals surface area contributed by atoms with Crippen molar-refractivity contribution in [3.05, 3.63) is 117 Å². The highest BCUT2D eigenvalue weighted by Crippen LogP contribution is 2.41. The number of carboxylic acid groups (broad SMARTS) is 1. The molecule has 356 valence electrons. The number of aromatic carboxylic acids is 1. The summed E-state index contributed by atoms with van der Waals surface area (Å²) in [6.07, 6.45) is 13.5. The van der Waals surface area contributed by atoms with Crippen LogP contribution in [0.15, 0.2) is 60.7 Å². The number of carbonyl (C=O) groups is 2. The van der Waals surface area contributed by atoms with Gasteiger partial charge in [-0.05, 0) is 128 Å². The van der Waals surface area contributed by atoms with Crippen molar-refractivity contribution in [1.82, 2.24) is 39.4 Å². The summed E-state index contributed by atoms with van der Waals surface area (Å²) in [5, 5.41) is 22.0. The zero-order valence-electron chi connectivity index (χ0n) is 38.9. The molecule has 4 aromatic heterocycles. The molecule has 2 saturated heterocycles. The third-order valence-electron chi connectivity index (χ3n) is 12.5. The molecule has 1 amide bonds. The van der Waals surface area contributed by atoms with Gasteiger partial charge in [0.1, 0.15) is 0 Å². The number of sulfonamides is 2. The maximum Gasteiger partial charge on any atom is 0.337 e. The minimum absolute atomic E-state index is 0.0552. The van der Waals surface area contributed by atoms with E-state index in [-0.39, 0.29) is 23.2 Å². The van der Waals surface area contributed by atoms with Gasteiger partial charge in [-0.25, -0.2) is 40.6 Å². The van der Waals surface area contributed by atoms with Gasteiger partial charge in [-0.15, -0.1) is 0 Å². The van der Waals surface area contributed by atoms with Crippen LogP contribution in [0.25, 0.3) is 11.3 Å². The molecule has 0 radical (unpaired) electrons. The first-order valence-corrected chi connectivity index (χ1v) is 26.8. The van der Waals surface area contributed by atoms with Crippen LogP contribution in [-0.4, -0.2) is 93.5 Å². The van der Waals surface area contributed by atoms with Crippen molar-refractivity contribution < 1.29 is 31.5 Å². The molecule has 6 heterocycles. The summed E-state index contributed by atoms with van der Waals surface area (Å²) in [7, 11) is -6.97. The Hall–Kier alpha value is -5.92. The van der Waals surface area contributed by atoms with E-state index >= 15 is 0 Å². The van der Waals surface area contributed by atoms with Crippen LogP contribution < -0.4 is 14.8 Å². The number of piperidine rings is 2. The van der Waals surface area contributed by atoms with Crippen LogP contribution >= 0.6 is 0 Å². The number of hydrogen-bond donors (Lipinski definition) is 4. The third-order valence-corrected chi connectivity index (χ3v) is 13.6. The summed E-state index contributed by atoms with van der Waals surface area (Å²) in [5.41, 5.74) is 10.8. The van der Waals surface area contributed by atoms with Crippen molar-refractivity contribution in [2.75, 3.05) is 35.0 Å². The van der Waals surface area contributed by atoms with Crippen LogP contribution in [0.5, 0.6) is 0 Å². The summed E-state index contributed by atoms with van der Waals surface area (Å²) in [6, 6.07) is 18.4. The van der Waals surface area contributed by atoms with Crippen molar-refractivity contribution in [2.45, 2.75) is 116 Å². The number of carboxylic acids is 1. The molecule has 17 nitrogen and oxygen atoms in total. The van der Waals surface area contributed by atoms with Gasteiger partial charge in [0.15, 0.2) is 11.3 Å². The molecule has 0 unspecified atom stereocenters. The van der Waals surface area contributed by atoms with E-state index in [1.807, 2.05) is 33.8 Å². The van der Waals surface area contributed by atoms with E-state index in [2.05, 4.69) is 39.9 Å². The highest BCUT2D eigenvalue weighted by molar-refractivity contribution is 7.92. The van der Waals surface area contributed by atoms with Crippen LogP contribution in [0.3, 0.4) is 0 Å². The number of likely N-dealkylation sites (tertiary alicyclic amines) is 1. The number of aryl methyl sites for hydroxylation is 4. The minimum atomic E-state index is -3.52. The quantitative estimate of drug-likeness (QED) is 0.103. The Bertz CT molecular complexity index is 3060. The second kappa shape index (κ2) is 19.4. The molecule has 6 aromatic rings. The van der Waals surface area contributed by atoms with E-state index in [4.69, 9.17) is 25.3 Å². The molecule has 4 N–H and O–H groups in total. The molecule has 10 rings (SSSR count). The number of carbonyl (C=O) groups excluding carboxylic acids is 1. The number of benzene rings is 2. The number of hydrogen-bond acceptors (Lipinski definition) is 11. The SMILES string of the molecule is Cc1cc(C2CC2)nc2cc([C@@H]3CCCCN3)nn12.Cc1ccc(NS(C)(=O)=O)c(C(=O)N2CCCC[C@H]2c2cc3nc(C4CC4)cc(C)n3n2)c1.Cc1ccc(NS(C)(=O)=O)c(C(=O)O)c1. The molecule has 4 fully saturated rings. The van der Waals surface area contributed by atoms with Crippen LogP contribution in [0.1, 0.15) is 154 Å². The Balaban J connectivity index is 0.000000151. The first-order valence-electron chi connectivity index (χ1n) is 23.0. The summed E-state index contributed by atoms with van der Waals surface area (Å²) < 4.78 is 54.2. The number of aromatic nitrogens is 6. The van der Waals surface area contributed by atoms with Crippen molar-refractivity contribution in [3.63, 3.8) is 0 Å². The molecule has 67 heavy (non-hydrogen) atoms. The standard InChI is InChI=1S/C24H29N5O3S.C15H20N4.C9H11NO4S/c1-15-7-10-19(27-33(3,31)32)18(12-15)24(30)28-11-5-4-6-22(28)21-14-23-25-20(17-8-9-17)13-16(2)29(23)26-21;1-10-8-13(11-5-6-11)17-15-9-14(18-19(10)15)12-4-2-3-7-16-12;1-6-3-4-8(10-15(2,13)14)7(5-6)9(11)12/h7,10,12-14,17,22,27H,4-6,8-9,11H2,1-3H3;8-9,11-12,16H,2-7H2,1H3;3-5,10H,1-2H3,(H,11,12)/t22-;12-;/m00./s1. The average Bonchev–Trinajstić information content (AvgIpc) is 4.22. The van der Waals surface area contributed by atoms with Crippen LogP contribution in [-0.2, 0) is 20.0 Å². The molecule has 4 aliphatic rings. The highest BCUT2D eigenvalue weighted by Gasteiger charge is 2.33. The monoisotopic (exact) mass is 952 g/mol. The predicted molar refractivity (Wildman–Crippen MR) is 258 cm³/mol. The average molecular weight is 953 g/mol. The van der Waals surface area contributed by atoms with E-state index in [1.54, 1.807) is 31.2 Å². The van der Waals surface area contributed by atoms with Gasteiger partial charge in [0.25, 0.3) is 5.91 Å². The van der Waals surface area contributed by atoms with Crippen LogP contribution in [0, 0.1) is 27.7 Å². The lowest BCUT2D eigenvalue weighted by molar-refractivity contribution is 0.0606. The first-order chi connectivity index (χ1) is 31.8. The van der Waals surface area contributed by atoms with Gasteiger partial charge in [-0.2, -0.15) is 10.2 Å². The summed E-state index contributed by atoms with van der Waals surface area (Å²) >= 11 is 0. The van der Waals surface area contributed by atoms with Crippen molar-refractivity contribution in [3.8, 4) is 0 Å². The van der Waals surface area contributed by atoms with E-state index in [0.29, 0.717) is 35.7 Å². The maximum absolute atomic E-state index is 13.7. The molecular formula is C48H60N10O7S2. The van der Waals surface area contributed by atoms with E-state index in [9.17, 15) is 26.4 Å². The molecule has 2 saturated carbocycles. The van der Waals surface area contributed by atoms with Gasteiger partial charge >= 0.3 is 5.97 Å². The van der Waals surface area contributed by atoms with Crippen molar-refractivity contribution in [1.29, 1.82) is 0 Å². The highest BCUT2D eigenvalue weighted by atomic mass is 32.2. The number of rotatable bonds is 10. The van der Waals surface area contributed by atoms with Crippen molar-refractivity contribution >= 4 is 54.6 Å². The molecule has 2 aliphatic carbocycles. The molecule has 0 spiro atoms. The van der Waals surface area contributed by atoms with Gasteiger partial charge in [0.2, 0.25) is 20.0 Å². The number of nitrogens with one attached hydrogen (secondary N) is 3. The maximum atomic E-state index is 13.7. The van der Waals surface area contributed by atoms with Crippen LogP contribution in [0.2, 0.25) is 0 Å². The third kappa shape index (κ3) is 11.8. The molecule has 2 aliphatic heterocycles. The number of nitrogens with zero attached hydrogens (tertiary/aromatic N) is 7. The Labute approximate surface area is 391 Å². The summed E-state index contributed by atoms with van der Waals surface area (Å²) in [5.74, 6) is -0.0865. The van der Waals surface area contributed by atoms with E-state index < -0.39 is 26.0 Å². The number of amides is 1. The zero-order chi connectivity index (χ0) is 47.8. The van der Waals surface area contributed by atoms with E-state index in [1.165, 1.54) is 68.5 Å². The number of fused-ring (bicyclic) bond motifs is 2. The first kappa shape index (κ1) is 47.6. The second-order valence-electron chi connectivity index (χ2n) is 18.5. The van der Waals surface area contributed by atoms with Gasteiger partial charge in [0, 0.05) is 53.3 Å². The minimum Gasteiger partial charge on any atom is -0.478 e. The second-order valence-corrected chi connectivity index (χ2v) is 22.0. The summed E-state index contributed by atoms with van der Waals surface area (Å²) in [4.78, 5) is 36.0. The zero-order valence-corrected chi connectivity index (χ0v) is 40.5. The van der Waals surface area contributed by atoms with Crippen molar-refractivity contribution in [2.24, 2.45) is 0 Å². The molecule has 0 bridgehead atoms. The Kier molecular flexibility index (Phi) is 13.7. The fourth-order valence-corrected chi connectivity index (χ4v) is 9.99. The predicted octanol–water partition coefficient (Wildman–Crippen LogP) is 7.76. The van der Waals surface area contributed by atoms with Gasteiger partial charge < -0.3 is 15.3 Å². The Morgan fingerprint density at radius 3 is 1.64 bits per heavy atom. The fraction of sp³-hybridized carbons (Fsp3) is 0.458. The van der Waals surface area contributed by atoms with Gasteiger partial charge in [-0.1, -0.05) is 29.7 Å². The van der Waals surface area contributed by atoms with Gasteiger partial charge in [-0.3, -0.25) is 14.2 Å². The number of anilines is 2. The molecular weight excluding hydrogens is 893 g/mol. The molecule has 2 aromatic carbocycles. The largest absolute Gasteiger partial charge is 0.478 e. The van der Waals surface area contributed by atoms with Gasteiger partial charge in [0.05, 0.1) is 58.5 Å². The molecule has 19 heteroatoms. The van der Waals surface area contributed by atoms with Crippen LogP contribution in [0.4, 0.5) is 11.4 Å². The smallest absolute Gasteiger partial charge is 0.337 e. The normalized spacial score (nSPS) is 18.7. The fourth-order valence-electron chi connectivity index (χ4n) is 8.83. The summed E-state index contributed by atoms with van der Waals surface area (Å²) in [6.45, 7) is 9.50. The van der Waals surface area contributed by atoms with E-state index in [0.717, 1.165) is 83.5 Å². The molecule has 2 atom stereocenters. The lowest BCUT2D eigenvalue weighted by atomic mass is 9.97.